The van der Waals surface area contributed by atoms with Crippen molar-refractivity contribution in [3.05, 3.63) is 35.0 Å². The highest BCUT2D eigenvalue weighted by Gasteiger charge is 2.40. The Bertz CT molecular complexity index is 892. The lowest BCUT2D eigenvalue weighted by molar-refractivity contribution is -0.144. The van der Waals surface area contributed by atoms with Crippen molar-refractivity contribution in [1.29, 1.82) is 0 Å². The summed E-state index contributed by atoms with van der Waals surface area (Å²) in [6.07, 6.45) is 2.24. The zero-order valence-electron chi connectivity index (χ0n) is 18.4. The van der Waals surface area contributed by atoms with Gasteiger partial charge < -0.3 is 23.8 Å². The maximum absolute atomic E-state index is 12.8. The summed E-state index contributed by atoms with van der Waals surface area (Å²) in [5.74, 6) is -0.0242. The van der Waals surface area contributed by atoms with Crippen LogP contribution in [0.25, 0.3) is 0 Å². The fourth-order valence-electron chi connectivity index (χ4n) is 4.07. The molecule has 8 heteroatoms. The fourth-order valence-corrected chi connectivity index (χ4v) is 4.07. The summed E-state index contributed by atoms with van der Waals surface area (Å²) in [6, 6.07) is 3.33. The molecule has 0 bridgehead atoms. The molecule has 2 unspecified atom stereocenters. The third-order valence-corrected chi connectivity index (χ3v) is 5.33. The number of carbonyl (C=O) groups is 3. The van der Waals surface area contributed by atoms with Gasteiger partial charge in [0.2, 0.25) is 0 Å². The van der Waals surface area contributed by atoms with Crippen LogP contribution in [0.1, 0.15) is 51.3 Å². The van der Waals surface area contributed by atoms with E-state index in [0.717, 1.165) is 11.1 Å². The molecule has 0 amide bonds. The molecule has 0 radical (unpaired) electrons. The number of hydrogen-bond donors (Lipinski definition) is 0. The molecule has 2 heterocycles. The van der Waals surface area contributed by atoms with Crippen molar-refractivity contribution in [1.82, 2.24) is 4.90 Å². The Labute approximate surface area is 182 Å². The van der Waals surface area contributed by atoms with Gasteiger partial charge in [-0.25, -0.2) is 4.79 Å². The second kappa shape index (κ2) is 9.85. The first-order valence-corrected chi connectivity index (χ1v) is 10.6. The molecule has 0 aromatic heterocycles. The number of benzene rings is 1. The average Bonchev–Trinajstić information content (AvgIpc) is 2.72. The van der Waals surface area contributed by atoms with Crippen LogP contribution in [0, 0.1) is 0 Å². The van der Waals surface area contributed by atoms with Crippen LogP contribution in [0.15, 0.2) is 23.9 Å². The summed E-state index contributed by atoms with van der Waals surface area (Å²) >= 11 is 0. The maximum atomic E-state index is 12.8. The van der Waals surface area contributed by atoms with Crippen LogP contribution in [0.3, 0.4) is 0 Å². The van der Waals surface area contributed by atoms with Crippen molar-refractivity contribution in [2.45, 2.75) is 52.6 Å². The number of ketones is 1. The maximum Gasteiger partial charge on any atom is 0.343 e. The smallest absolute Gasteiger partial charge is 0.343 e. The van der Waals surface area contributed by atoms with Gasteiger partial charge in [0.1, 0.15) is 12.2 Å². The molecule has 31 heavy (non-hydrogen) atoms. The molecular weight excluding hydrogens is 402 g/mol. The van der Waals surface area contributed by atoms with Gasteiger partial charge in [0.05, 0.1) is 31.9 Å². The van der Waals surface area contributed by atoms with E-state index in [9.17, 15) is 14.4 Å². The lowest BCUT2D eigenvalue weighted by Gasteiger charge is -2.44. The van der Waals surface area contributed by atoms with Crippen LogP contribution in [0.4, 0.5) is 0 Å². The van der Waals surface area contributed by atoms with E-state index in [2.05, 4.69) is 0 Å². The molecule has 2 aliphatic heterocycles. The summed E-state index contributed by atoms with van der Waals surface area (Å²) < 4.78 is 21.9. The van der Waals surface area contributed by atoms with Crippen LogP contribution < -0.4 is 9.47 Å². The minimum absolute atomic E-state index is 0.0188. The van der Waals surface area contributed by atoms with Crippen molar-refractivity contribution in [2.75, 3.05) is 26.4 Å². The molecule has 0 fully saturated rings. The summed E-state index contributed by atoms with van der Waals surface area (Å²) in [6.45, 7) is 8.16. The predicted octanol–water partition coefficient (Wildman–Crippen LogP) is 2.73. The normalized spacial score (nSPS) is 19.7. The number of fused-ring (bicyclic) bond motifs is 3. The number of carbonyl (C=O) groups excluding carboxylic acids is 3. The van der Waals surface area contributed by atoms with Gasteiger partial charge in [-0.3, -0.25) is 9.59 Å². The SMILES string of the molecule is CCOC(=O)C1=CN2C(COC(C)=O)Cc3cc(OCC)c(OCC)cc3C2CC1=O. The van der Waals surface area contributed by atoms with Gasteiger partial charge in [0, 0.05) is 19.5 Å². The lowest BCUT2D eigenvalue weighted by Crippen LogP contribution is -2.47. The molecule has 0 spiro atoms. The molecule has 3 rings (SSSR count). The minimum atomic E-state index is -0.635. The Morgan fingerprint density at radius 2 is 1.68 bits per heavy atom. The van der Waals surface area contributed by atoms with Gasteiger partial charge in [-0.1, -0.05) is 0 Å². The van der Waals surface area contributed by atoms with Crippen molar-refractivity contribution in [2.24, 2.45) is 0 Å². The zero-order chi connectivity index (χ0) is 22.5. The van der Waals surface area contributed by atoms with Crippen LogP contribution >= 0.6 is 0 Å². The molecule has 1 aromatic carbocycles. The van der Waals surface area contributed by atoms with E-state index >= 15 is 0 Å². The van der Waals surface area contributed by atoms with E-state index in [-0.39, 0.29) is 49.0 Å². The number of esters is 2. The molecule has 168 valence electrons. The summed E-state index contributed by atoms with van der Waals surface area (Å²) in [4.78, 5) is 38.5. The summed E-state index contributed by atoms with van der Waals surface area (Å²) in [5.41, 5.74) is 1.97. The van der Waals surface area contributed by atoms with Crippen molar-refractivity contribution < 1.29 is 33.3 Å². The van der Waals surface area contributed by atoms with Gasteiger partial charge >= 0.3 is 11.9 Å². The number of nitrogens with zero attached hydrogens (tertiary/aromatic N) is 1. The molecule has 1 aromatic rings. The summed E-state index contributed by atoms with van der Waals surface area (Å²) in [7, 11) is 0. The lowest BCUT2D eigenvalue weighted by atomic mass is 9.83. The molecule has 2 aliphatic rings. The predicted molar refractivity (Wildman–Crippen MR) is 112 cm³/mol. The Morgan fingerprint density at radius 1 is 1.00 bits per heavy atom. The Kier molecular flexibility index (Phi) is 7.20. The Morgan fingerprint density at radius 3 is 2.29 bits per heavy atom. The molecule has 8 nitrogen and oxygen atoms in total. The van der Waals surface area contributed by atoms with Crippen LogP contribution in [0.2, 0.25) is 0 Å². The third-order valence-electron chi connectivity index (χ3n) is 5.33. The van der Waals surface area contributed by atoms with Gasteiger partial charge in [-0.05, 0) is 50.5 Å². The Hall–Kier alpha value is -3.03. The van der Waals surface area contributed by atoms with Crippen molar-refractivity contribution in [3.63, 3.8) is 0 Å². The van der Waals surface area contributed by atoms with Gasteiger partial charge in [-0.2, -0.15) is 0 Å². The number of rotatable bonds is 8. The average molecular weight is 431 g/mol. The first-order valence-electron chi connectivity index (χ1n) is 10.6. The highest BCUT2D eigenvalue weighted by atomic mass is 16.5. The topological polar surface area (TPSA) is 91.4 Å². The molecule has 0 saturated heterocycles. The van der Waals surface area contributed by atoms with E-state index in [1.165, 1.54) is 6.92 Å². The zero-order valence-corrected chi connectivity index (χ0v) is 18.4. The fraction of sp³-hybridized carbons (Fsp3) is 0.522. The molecule has 0 aliphatic carbocycles. The number of ether oxygens (including phenoxy) is 4. The van der Waals surface area contributed by atoms with Crippen molar-refractivity contribution >= 4 is 17.7 Å². The third kappa shape index (κ3) is 4.84. The molecule has 0 N–H and O–H groups in total. The van der Waals surface area contributed by atoms with E-state index in [4.69, 9.17) is 18.9 Å². The largest absolute Gasteiger partial charge is 0.490 e. The molecule has 2 atom stereocenters. The van der Waals surface area contributed by atoms with Crippen LogP contribution in [-0.4, -0.2) is 55.1 Å². The molecule has 0 saturated carbocycles. The van der Waals surface area contributed by atoms with Crippen LogP contribution in [0.5, 0.6) is 11.5 Å². The van der Waals surface area contributed by atoms with E-state index in [1.807, 2.05) is 30.9 Å². The van der Waals surface area contributed by atoms with Crippen LogP contribution in [-0.2, 0) is 30.3 Å². The first kappa shape index (κ1) is 22.7. The highest BCUT2D eigenvalue weighted by Crippen LogP contribution is 2.44. The molecular formula is C23H29NO7. The number of hydrogen-bond acceptors (Lipinski definition) is 8. The van der Waals surface area contributed by atoms with Gasteiger partial charge in [0.15, 0.2) is 17.3 Å². The van der Waals surface area contributed by atoms with E-state index in [1.54, 1.807) is 13.1 Å². The van der Waals surface area contributed by atoms with Gasteiger partial charge in [-0.15, -0.1) is 0 Å². The van der Waals surface area contributed by atoms with E-state index < -0.39 is 5.97 Å². The van der Waals surface area contributed by atoms with Gasteiger partial charge in [0.25, 0.3) is 0 Å². The Balaban J connectivity index is 2.05. The highest BCUT2D eigenvalue weighted by molar-refractivity contribution is 6.17. The second-order valence-corrected chi connectivity index (χ2v) is 7.38. The summed E-state index contributed by atoms with van der Waals surface area (Å²) in [5, 5.41) is 0. The monoisotopic (exact) mass is 431 g/mol. The number of Topliss-reactive ketones (excluding diaryl/α,β-unsaturated/α-hetero) is 1. The van der Waals surface area contributed by atoms with E-state index in [0.29, 0.717) is 31.1 Å². The van der Waals surface area contributed by atoms with Crippen molar-refractivity contribution in [3.8, 4) is 11.5 Å². The standard InChI is InChI=1S/C23H29NO7/c1-5-28-21-9-15-8-16(13-31-14(4)25)24-12-18(23(27)30-7-3)20(26)11-19(24)17(15)10-22(21)29-6-2/h9-10,12,16,19H,5-8,11,13H2,1-4H3. The first-order chi connectivity index (χ1) is 14.9. The minimum Gasteiger partial charge on any atom is -0.490 e. The second-order valence-electron chi connectivity index (χ2n) is 7.38. The quantitative estimate of drug-likeness (QED) is 0.458.